The molecule has 0 bridgehead atoms. The van der Waals surface area contributed by atoms with Gasteiger partial charge in [0.05, 0.1) is 0 Å². The van der Waals surface area contributed by atoms with Crippen LogP contribution in [0.1, 0.15) is 0 Å². The average Bonchev–Trinajstić information content (AvgIpc) is 3.84. The third-order valence-corrected chi connectivity index (χ3v) is 14.7. The molecular formula is C46B28O. The first kappa shape index (κ1) is 54.0. The molecule has 10 rings (SSSR count). The Morgan fingerprint density at radius 3 is 0.667 bits per heavy atom. The van der Waals surface area contributed by atoms with Crippen LogP contribution in [0.2, 0.25) is 0 Å². The predicted molar refractivity (Wildman–Crippen MR) is 351 cm³/mol. The number of rotatable bonds is 3. The van der Waals surface area contributed by atoms with Crippen molar-refractivity contribution in [3.8, 4) is 33.4 Å². The van der Waals surface area contributed by atoms with E-state index in [1.165, 1.54) is 0 Å². The minimum absolute atomic E-state index is 0.0103. The molecule has 0 atom stereocenters. The van der Waals surface area contributed by atoms with Gasteiger partial charge in [0, 0.05) is 10.8 Å². The van der Waals surface area contributed by atoms with E-state index < -0.39 is 0 Å². The Balaban J connectivity index is 1.47. The first-order valence-electron chi connectivity index (χ1n) is 22.0. The van der Waals surface area contributed by atoms with Crippen molar-refractivity contribution in [3.63, 3.8) is 0 Å². The van der Waals surface area contributed by atoms with E-state index in [1.54, 1.807) is 0 Å². The lowest BCUT2D eigenvalue weighted by Gasteiger charge is -2.33. The molecule has 0 saturated carbocycles. The minimum Gasteiger partial charge on any atom is -0.457 e. The second-order valence-electron chi connectivity index (χ2n) is 18.3. The number of benzene rings is 9. The summed E-state index contributed by atoms with van der Waals surface area (Å²) in [6, 6.07) is 0. The van der Waals surface area contributed by atoms with Crippen molar-refractivity contribution in [2.24, 2.45) is 0 Å². The number of furan rings is 1. The molecule has 9 aromatic carbocycles. The van der Waals surface area contributed by atoms with E-state index in [4.69, 9.17) is 224 Å². The van der Waals surface area contributed by atoms with Gasteiger partial charge >= 0.3 is 0 Å². The molecule has 0 N–H and O–H groups in total. The highest BCUT2D eigenvalue weighted by Crippen LogP contribution is 2.42. The van der Waals surface area contributed by atoms with Crippen LogP contribution in [0.5, 0.6) is 0 Å². The molecule has 75 heavy (non-hydrogen) atoms. The van der Waals surface area contributed by atoms with Gasteiger partial charge < -0.3 is 4.42 Å². The summed E-state index contributed by atoms with van der Waals surface area (Å²) < 4.78 is 6.09. The van der Waals surface area contributed by atoms with Gasteiger partial charge in [0.15, 0.2) is 0 Å². The zero-order valence-electron chi connectivity index (χ0n) is 39.6. The lowest BCUT2D eigenvalue weighted by molar-refractivity contribution is 0.675. The van der Waals surface area contributed by atoms with Gasteiger partial charge in [0.2, 0.25) is 0 Å². The highest BCUT2D eigenvalue weighted by Gasteiger charge is 2.32. The molecule has 1 heterocycles. The van der Waals surface area contributed by atoms with Crippen LogP contribution in [0.25, 0.3) is 98.4 Å². The molecule has 0 aliphatic rings. The van der Waals surface area contributed by atoms with E-state index in [-0.39, 0.29) is 251 Å². The molecule has 0 saturated heterocycles. The Kier molecular flexibility index (Phi) is 13.0. The molecule has 29 heteroatoms. The fraction of sp³-hybridized carbons (Fsp3) is 0. The SMILES string of the molecule is [B]c1c([B])c(-c2c3c([B])c([B])c([B])c([B])c3c(-c3c([B])c4c([B])c([B])c([B])c([B])c4c4c([B])c([B])c([B])c([B])c34)c3c([B])c([B])c([B])c([B])c23)c([B])c([B])c1-c1c([B])c([B])c2oc3c([B])c([B])c([B])c([B])c3c2c1[B]. The Morgan fingerprint density at radius 1 is 0.120 bits per heavy atom. The van der Waals surface area contributed by atoms with Gasteiger partial charge in [-0.25, -0.2) is 0 Å². The zero-order valence-corrected chi connectivity index (χ0v) is 39.6. The molecular weight excluding hydrogens is 871 g/mol. The maximum Gasteiger partial charge on any atom is 0.127 e. The van der Waals surface area contributed by atoms with Crippen LogP contribution in [0.3, 0.4) is 0 Å². The van der Waals surface area contributed by atoms with E-state index >= 15 is 0 Å². The lowest BCUT2D eigenvalue weighted by Crippen LogP contribution is -2.52. The largest absolute Gasteiger partial charge is 0.457 e. The van der Waals surface area contributed by atoms with Crippen molar-refractivity contribution in [1.29, 1.82) is 0 Å². The van der Waals surface area contributed by atoms with Gasteiger partial charge in [-0.3, -0.25) is 0 Å². The third kappa shape index (κ3) is 6.85. The van der Waals surface area contributed by atoms with Crippen molar-refractivity contribution in [2.75, 3.05) is 0 Å². The molecule has 10 aromatic rings. The second-order valence-corrected chi connectivity index (χ2v) is 18.3. The average molecular weight is 871 g/mol. The molecule has 56 radical (unpaired) electrons. The van der Waals surface area contributed by atoms with E-state index in [1.807, 2.05) is 0 Å². The monoisotopic (exact) mass is 876 g/mol. The van der Waals surface area contributed by atoms with Gasteiger partial charge in [-0.2, -0.15) is 0 Å². The Labute approximate surface area is 472 Å². The Morgan fingerprint density at radius 2 is 0.307 bits per heavy atom. The molecule has 0 fully saturated rings. The quantitative estimate of drug-likeness (QED) is 0.0979. The summed E-state index contributed by atoms with van der Waals surface area (Å²) in [5.41, 5.74) is -4.90. The first-order chi connectivity index (χ1) is 35.0. The lowest BCUT2D eigenvalue weighted by atomic mass is 9.55. The Bertz CT molecular complexity index is 4330. The van der Waals surface area contributed by atoms with Crippen molar-refractivity contribution in [1.82, 2.24) is 0 Å². The van der Waals surface area contributed by atoms with Crippen LogP contribution < -0.4 is 153 Å². The third-order valence-electron chi connectivity index (χ3n) is 14.7. The predicted octanol–water partition coefficient (Wildman–Crippen LogP) is -20.6. The van der Waals surface area contributed by atoms with Crippen LogP contribution >= 0.6 is 0 Å². The smallest absolute Gasteiger partial charge is 0.127 e. The maximum atomic E-state index is 7.35. The summed E-state index contributed by atoms with van der Waals surface area (Å²) >= 11 is 0. The van der Waals surface area contributed by atoms with Crippen LogP contribution in [0.4, 0.5) is 0 Å². The van der Waals surface area contributed by atoms with Gasteiger partial charge in [-0.15, -0.1) is 54.6 Å². The van der Waals surface area contributed by atoms with Gasteiger partial charge in [-0.05, 0) is 76.5 Å². The Hall–Kier alpha value is -4.36. The second kappa shape index (κ2) is 18.1. The van der Waals surface area contributed by atoms with Gasteiger partial charge in [-0.1, -0.05) is 98.3 Å². The van der Waals surface area contributed by atoms with Crippen molar-refractivity contribution < 1.29 is 4.42 Å². The molecule has 1 nitrogen and oxygen atoms in total. The summed E-state index contributed by atoms with van der Waals surface area (Å²) in [4.78, 5) is 0. The van der Waals surface area contributed by atoms with Crippen molar-refractivity contribution >= 4 is 438 Å². The topological polar surface area (TPSA) is 13.1 Å². The van der Waals surface area contributed by atoms with Crippen LogP contribution in [-0.2, 0) is 0 Å². The zero-order chi connectivity index (χ0) is 55.3. The molecule has 0 aliphatic carbocycles. The molecule has 0 spiro atoms. The molecule has 0 amide bonds. The summed E-state index contributed by atoms with van der Waals surface area (Å²) in [7, 11) is 191. The normalized spacial score (nSPS) is 11.9. The van der Waals surface area contributed by atoms with Gasteiger partial charge in [0.1, 0.15) is 231 Å². The van der Waals surface area contributed by atoms with E-state index in [9.17, 15) is 0 Å². The molecule has 274 valence electrons. The molecule has 0 aliphatic heterocycles. The number of hydrogen-bond acceptors (Lipinski definition) is 1. The van der Waals surface area contributed by atoms with Crippen molar-refractivity contribution in [2.45, 2.75) is 0 Å². The highest BCUT2D eigenvalue weighted by molar-refractivity contribution is 6.78. The summed E-state index contributed by atoms with van der Waals surface area (Å²) in [6.45, 7) is 0. The summed E-state index contributed by atoms with van der Waals surface area (Å²) in [5, 5.41) is 0.376. The van der Waals surface area contributed by atoms with Crippen LogP contribution in [-0.4, -0.2) is 220 Å². The fourth-order valence-electron chi connectivity index (χ4n) is 10.7. The molecule has 1 aromatic heterocycles. The van der Waals surface area contributed by atoms with Crippen molar-refractivity contribution in [3.05, 3.63) is 0 Å². The van der Waals surface area contributed by atoms with E-state index in [2.05, 4.69) is 0 Å². The first-order valence-corrected chi connectivity index (χ1v) is 22.0. The maximum absolute atomic E-state index is 7.35. The van der Waals surface area contributed by atoms with E-state index in [0.717, 1.165) is 0 Å². The standard InChI is InChI=1S/C46B28O/c47-17-3(8-9(24(54)38(68)37(67)23(8)53)10-12(17)30(60)40(70)39(69)25(10)55)1-4-6(21(51)35(65)33(63)19(4)49)2(7-5(1)20(50)34(64)36(66)22(7)52)11-26(56)28(58)14(29(59)27(11)57)13-18(48)15-16-32(62)41(71)42(72)44(74)46(16)75-45(15)43(73)31(13)61. The van der Waals surface area contributed by atoms with Gasteiger partial charge in [0.25, 0.3) is 0 Å². The van der Waals surface area contributed by atoms with E-state index in [0.29, 0.717) is 0 Å². The number of fused-ring (bicyclic) bond motifs is 8. The number of hydrogen-bond donors (Lipinski definition) is 0. The minimum atomic E-state index is -0.281. The van der Waals surface area contributed by atoms with Crippen LogP contribution in [0.15, 0.2) is 4.42 Å². The van der Waals surface area contributed by atoms with Crippen LogP contribution in [0, 0.1) is 0 Å². The summed E-state index contributed by atoms with van der Waals surface area (Å²) in [5.74, 6) is 0. The fourth-order valence-corrected chi connectivity index (χ4v) is 10.7. The summed E-state index contributed by atoms with van der Waals surface area (Å²) in [6.07, 6.45) is 0. The highest BCUT2D eigenvalue weighted by atomic mass is 16.3. The molecule has 0 unspecified atom stereocenters.